The molecule has 0 atom stereocenters. The van der Waals surface area contributed by atoms with Gasteiger partial charge in [0.1, 0.15) is 5.75 Å². The second-order valence-electron chi connectivity index (χ2n) is 11.9. The second-order valence-corrected chi connectivity index (χ2v) is 11.9. The molecule has 35 heavy (non-hydrogen) atoms. The number of nitrogens with zero attached hydrogens (tertiary/aromatic N) is 1. The number of rotatable bonds is 8. The fourth-order valence-electron chi connectivity index (χ4n) is 6.06. The summed E-state index contributed by atoms with van der Waals surface area (Å²) in [5.41, 5.74) is 4.51. The second kappa shape index (κ2) is 9.93. The summed E-state index contributed by atoms with van der Waals surface area (Å²) in [4.78, 5) is 30.0. The van der Waals surface area contributed by atoms with E-state index in [0.29, 0.717) is 26.1 Å². The van der Waals surface area contributed by atoms with Gasteiger partial charge in [0.2, 0.25) is 0 Å². The Kier molecular flexibility index (Phi) is 7.28. The van der Waals surface area contributed by atoms with E-state index in [0.717, 1.165) is 66.1 Å². The van der Waals surface area contributed by atoms with Crippen LogP contribution in [0.5, 0.6) is 5.75 Å². The van der Waals surface area contributed by atoms with Crippen LogP contribution < -0.4 is 4.74 Å². The number of ether oxygens (including phenoxy) is 2. The van der Waals surface area contributed by atoms with Gasteiger partial charge in [0, 0.05) is 67.1 Å². The molecule has 4 rings (SSSR count). The molecule has 5 heteroatoms. The molecule has 0 N–H and O–H groups in total. The van der Waals surface area contributed by atoms with E-state index >= 15 is 0 Å². The van der Waals surface area contributed by atoms with Gasteiger partial charge in [-0.05, 0) is 42.6 Å². The number of carbonyl (C=O) groups is 2. The van der Waals surface area contributed by atoms with Crippen LogP contribution in [0, 0.1) is 10.8 Å². The summed E-state index contributed by atoms with van der Waals surface area (Å²) in [7, 11) is 1.72. The predicted molar refractivity (Wildman–Crippen MR) is 138 cm³/mol. The maximum absolute atomic E-state index is 13.9. The number of hydrogen-bond donors (Lipinski definition) is 0. The number of Topliss-reactive ketones (excluding diaryl/α,β-unsaturated/α-hetero) is 2. The maximum atomic E-state index is 13.9. The number of carbonyl (C=O) groups excluding carboxylic acids is 2. The highest BCUT2D eigenvalue weighted by molar-refractivity contribution is 6.07. The molecule has 1 aromatic carbocycles. The maximum Gasteiger partial charge on any atom is 0.162 e. The van der Waals surface area contributed by atoms with Crippen molar-refractivity contribution in [3.05, 3.63) is 52.4 Å². The van der Waals surface area contributed by atoms with Crippen LogP contribution in [-0.4, -0.2) is 43.3 Å². The summed E-state index contributed by atoms with van der Waals surface area (Å²) >= 11 is 0. The molecule has 0 saturated heterocycles. The third kappa shape index (κ3) is 5.11. The first kappa shape index (κ1) is 25.7. The van der Waals surface area contributed by atoms with Crippen LogP contribution in [0.1, 0.15) is 84.6 Å². The van der Waals surface area contributed by atoms with Gasteiger partial charge < -0.3 is 14.4 Å². The zero-order valence-electron chi connectivity index (χ0n) is 22.3. The van der Waals surface area contributed by atoms with E-state index in [9.17, 15) is 9.59 Å². The lowest BCUT2D eigenvalue weighted by molar-refractivity contribution is -0.119. The number of benzene rings is 1. The largest absolute Gasteiger partial charge is 0.493 e. The van der Waals surface area contributed by atoms with Gasteiger partial charge in [-0.2, -0.15) is 0 Å². The van der Waals surface area contributed by atoms with Crippen molar-refractivity contribution in [2.45, 2.75) is 79.1 Å². The summed E-state index contributed by atoms with van der Waals surface area (Å²) in [6.07, 6.45) is 4.37. The summed E-state index contributed by atoms with van der Waals surface area (Å²) in [6, 6.07) is 7.99. The van der Waals surface area contributed by atoms with Gasteiger partial charge in [0.15, 0.2) is 11.6 Å². The van der Waals surface area contributed by atoms with E-state index in [4.69, 9.17) is 9.47 Å². The number of methoxy groups -OCH3 is 1. The molecule has 0 spiro atoms. The molecular formula is C30H41NO4. The van der Waals surface area contributed by atoms with Crippen molar-refractivity contribution in [3.63, 3.8) is 0 Å². The van der Waals surface area contributed by atoms with Crippen LogP contribution in [-0.2, 0) is 14.3 Å². The highest BCUT2D eigenvalue weighted by atomic mass is 16.5. The van der Waals surface area contributed by atoms with Crippen molar-refractivity contribution in [2.24, 2.45) is 10.8 Å². The molecule has 0 fully saturated rings. The van der Waals surface area contributed by atoms with Gasteiger partial charge in [-0.15, -0.1) is 0 Å². The lowest BCUT2D eigenvalue weighted by Crippen LogP contribution is -2.44. The van der Waals surface area contributed by atoms with E-state index < -0.39 is 0 Å². The summed E-state index contributed by atoms with van der Waals surface area (Å²) in [5, 5.41) is 0. The topological polar surface area (TPSA) is 55.8 Å². The Morgan fingerprint density at radius 2 is 1.46 bits per heavy atom. The van der Waals surface area contributed by atoms with E-state index in [1.807, 2.05) is 24.3 Å². The molecule has 0 amide bonds. The minimum absolute atomic E-state index is 0.121. The van der Waals surface area contributed by atoms with Crippen LogP contribution in [0.3, 0.4) is 0 Å². The first-order valence-electron chi connectivity index (χ1n) is 13.1. The predicted octanol–water partition coefficient (Wildman–Crippen LogP) is 6.20. The molecule has 190 valence electrons. The van der Waals surface area contributed by atoms with Gasteiger partial charge in [0.25, 0.3) is 0 Å². The molecule has 1 aromatic rings. The molecular weight excluding hydrogens is 438 g/mol. The van der Waals surface area contributed by atoms with E-state index in [1.165, 1.54) is 0 Å². The smallest absolute Gasteiger partial charge is 0.162 e. The Morgan fingerprint density at radius 3 is 2.00 bits per heavy atom. The van der Waals surface area contributed by atoms with Crippen molar-refractivity contribution >= 4 is 11.6 Å². The molecule has 0 radical (unpaired) electrons. The molecule has 1 aliphatic heterocycles. The van der Waals surface area contributed by atoms with Crippen LogP contribution in [0.2, 0.25) is 0 Å². The average molecular weight is 480 g/mol. The fraction of sp³-hybridized carbons (Fsp3) is 0.600. The summed E-state index contributed by atoms with van der Waals surface area (Å²) in [5.74, 6) is 0.736. The molecule has 3 aliphatic rings. The van der Waals surface area contributed by atoms with Gasteiger partial charge in [-0.25, -0.2) is 0 Å². The molecule has 2 aliphatic carbocycles. The van der Waals surface area contributed by atoms with Crippen LogP contribution >= 0.6 is 0 Å². The zero-order chi connectivity index (χ0) is 25.4. The molecule has 0 aromatic heterocycles. The highest BCUT2D eigenvalue weighted by Crippen LogP contribution is 2.55. The number of para-hydroxylation sites is 1. The number of allylic oxidation sites excluding steroid dienone is 4. The van der Waals surface area contributed by atoms with Gasteiger partial charge in [-0.3, -0.25) is 9.59 Å². The van der Waals surface area contributed by atoms with E-state index in [-0.39, 0.29) is 28.3 Å². The van der Waals surface area contributed by atoms with Crippen molar-refractivity contribution in [3.8, 4) is 5.75 Å². The van der Waals surface area contributed by atoms with Gasteiger partial charge in [-0.1, -0.05) is 52.8 Å². The Hall–Kier alpha value is -2.40. The molecule has 0 unspecified atom stereocenters. The zero-order valence-corrected chi connectivity index (χ0v) is 22.3. The van der Waals surface area contributed by atoms with Crippen molar-refractivity contribution in [1.82, 2.24) is 4.90 Å². The lowest BCUT2D eigenvalue weighted by atomic mass is 9.63. The quantitative estimate of drug-likeness (QED) is 0.416. The van der Waals surface area contributed by atoms with Crippen molar-refractivity contribution < 1.29 is 19.1 Å². The lowest BCUT2D eigenvalue weighted by Gasteiger charge is -2.49. The summed E-state index contributed by atoms with van der Waals surface area (Å²) < 4.78 is 11.5. The standard InChI is InChI=1S/C30H41NO4/c1-7-14-35-25-12-9-8-11-20(25)26-27-21(16-29(2,3)18-23(27)32)31(13-10-15-34-6)22-17-30(4,5)19-24(33)28(22)26/h8-9,11-12,26H,7,10,13-19H2,1-6H3. The van der Waals surface area contributed by atoms with Crippen molar-refractivity contribution in [2.75, 3.05) is 26.9 Å². The Labute approximate surface area is 210 Å². The van der Waals surface area contributed by atoms with Crippen LogP contribution in [0.25, 0.3) is 0 Å². The third-order valence-electron chi connectivity index (χ3n) is 7.44. The van der Waals surface area contributed by atoms with Crippen LogP contribution in [0.4, 0.5) is 0 Å². The molecule has 1 heterocycles. The summed E-state index contributed by atoms with van der Waals surface area (Å²) in [6.45, 7) is 12.8. The van der Waals surface area contributed by atoms with Crippen molar-refractivity contribution in [1.29, 1.82) is 0 Å². The molecule has 0 bridgehead atoms. The van der Waals surface area contributed by atoms with Gasteiger partial charge in [0.05, 0.1) is 6.61 Å². The average Bonchev–Trinajstić information content (AvgIpc) is 2.77. The van der Waals surface area contributed by atoms with Crippen LogP contribution in [0.15, 0.2) is 46.8 Å². The van der Waals surface area contributed by atoms with Gasteiger partial charge >= 0.3 is 0 Å². The molecule has 5 nitrogen and oxygen atoms in total. The first-order valence-corrected chi connectivity index (χ1v) is 13.1. The number of ketones is 2. The normalized spacial score (nSPS) is 21.8. The van der Waals surface area contributed by atoms with E-state index in [1.54, 1.807) is 7.11 Å². The Balaban J connectivity index is 1.95. The SMILES string of the molecule is CCCOc1ccccc1C1C2=C(CC(C)(C)CC2=O)N(CCCOC)C2=C1C(=O)CC(C)(C)C2. The first-order chi connectivity index (χ1) is 16.6. The minimum Gasteiger partial charge on any atom is -0.493 e. The molecule has 0 saturated carbocycles. The Morgan fingerprint density at radius 1 is 0.886 bits per heavy atom. The fourth-order valence-corrected chi connectivity index (χ4v) is 6.06. The third-order valence-corrected chi connectivity index (χ3v) is 7.44. The van der Waals surface area contributed by atoms with E-state index in [2.05, 4.69) is 39.5 Å². The monoisotopic (exact) mass is 479 g/mol. The number of hydrogen-bond acceptors (Lipinski definition) is 5. The highest BCUT2D eigenvalue weighted by Gasteiger charge is 2.49. The Bertz CT molecular complexity index is 1010. The minimum atomic E-state index is -0.362.